The lowest BCUT2D eigenvalue weighted by Crippen LogP contribution is -2.64. The van der Waals surface area contributed by atoms with E-state index in [0.29, 0.717) is 6.42 Å². The van der Waals surface area contributed by atoms with Crippen LogP contribution in [0.2, 0.25) is 0 Å². The zero-order chi connectivity index (χ0) is 19.5. The van der Waals surface area contributed by atoms with Gasteiger partial charge in [0, 0.05) is 0 Å². The third-order valence-electron chi connectivity index (χ3n) is 4.88. The van der Waals surface area contributed by atoms with Crippen LogP contribution in [0, 0.1) is 0 Å². The molecule has 1 heterocycles. The summed E-state index contributed by atoms with van der Waals surface area (Å²) in [5.41, 5.74) is 5.88. The molecule has 0 radical (unpaired) electrons. The Balaban J connectivity index is 2.26. The minimum absolute atomic E-state index is 0.489. The summed E-state index contributed by atoms with van der Waals surface area (Å²) in [6, 6.07) is -0.734. The number of carbonyl (C=O) groups is 1. The van der Waals surface area contributed by atoms with Gasteiger partial charge >= 0.3 is 0 Å². The molecule has 0 bridgehead atoms. The van der Waals surface area contributed by atoms with Crippen molar-refractivity contribution in [2.45, 2.75) is 101 Å². The normalized spacial score (nSPS) is 30.2. The number of aliphatic hydroxyl groups excluding tert-OH is 4. The average molecular weight is 376 g/mol. The first-order valence-corrected chi connectivity index (χ1v) is 9.78. The number of rotatable bonds is 12. The van der Waals surface area contributed by atoms with E-state index >= 15 is 0 Å². The molecular weight excluding hydrogens is 340 g/mol. The van der Waals surface area contributed by atoms with Crippen LogP contribution in [0.4, 0.5) is 0 Å². The molecule has 1 rings (SSSR count). The molecule has 1 aliphatic rings. The van der Waals surface area contributed by atoms with Gasteiger partial charge in [0.2, 0.25) is 5.91 Å². The molecule has 7 N–H and O–H groups in total. The molecule has 26 heavy (non-hydrogen) atoms. The quantitative estimate of drug-likeness (QED) is 0.258. The number of ether oxygens (including phenoxy) is 1. The van der Waals surface area contributed by atoms with E-state index in [-0.39, 0.29) is 0 Å². The van der Waals surface area contributed by atoms with Crippen molar-refractivity contribution in [2.75, 3.05) is 6.61 Å². The number of nitrogens with one attached hydrogen (secondary N) is 1. The zero-order valence-electron chi connectivity index (χ0n) is 15.7. The maximum absolute atomic E-state index is 12.1. The van der Waals surface area contributed by atoms with Crippen LogP contribution in [0.25, 0.3) is 0 Å². The summed E-state index contributed by atoms with van der Waals surface area (Å²) in [6.45, 7) is 1.65. The first-order chi connectivity index (χ1) is 12.4. The molecule has 0 aromatic carbocycles. The zero-order valence-corrected chi connectivity index (χ0v) is 15.7. The molecular formula is C18H36N2O6. The van der Waals surface area contributed by atoms with Crippen LogP contribution in [-0.4, -0.2) is 69.6 Å². The van der Waals surface area contributed by atoms with Crippen molar-refractivity contribution < 1.29 is 30.0 Å². The van der Waals surface area contributed by atoms with Gasteiger partial charge in [0.25, 0.3) is 0 Å². The Hall–Kier alpha value is -0.770. The fraction of sp³-hybridized carbons (Fsp3) is 0.944. The van der Waals surface area contributed by atoms with Crippen molar-refractivity contribution in [3.8, 4) is 0 Å². The molecule has 8 heteroatoms. The first-order valence-electron chi connectivity index (χ1n) is 9.78. The van der Waals surface area contributed by atoms with E-state index in [9.17, 15) is 20.1 Å². The van der Waals surface area contributed by atoms with E-state index in [1.165, 1.54) is 32.1 Å². The molecule has 1 aliphatic heterocycles. The minimum atomic E-state index is -1.52. The third kappa shape index (κ3) is 7.46. The summed E-state index contributed by atoms with van der Waals surface area (Å²) in [5.74, 6) is -0.489. The highest BCUT2D eigenvalue weighted by molar-refractivity contribution is 5.81. The molecule has 0 aliphatic carbocycles. The highest BCUT2D eigenvalue weighted by Crippen LogP contribution is 2.20. The number of hydrogen-bond acceptors (Lipinski definition) is 7. The Morgan fingerprint density at radius 1 is 1.00 bits per heavy atom. The van der Waals surface area contributed by atoms with Gasteiger partial charge in [0.1, 0.15) is 24.4 Å². The largest absolute Gasteiger partial charge is 0.394 e. The van der Waals surface area contributed by atoms with Gasteiger partial charge in [-0.05, 0) is 6.42 Å². The Labute approximate surface area is 155 Å². The third-order valence-corrected chi connectivity index (χ3v) is 4.88. The predicted octanol–water partition coefficient (Wildman–Crippen LogP) is -0.239. The molecule has 154 valence electrons. The van der Waals surface area contributed by atoms with E-state index in [2.05, 4.69) is 12.2 Å². The maximum Gasteiger partial charge on any atom is 0.238 e. The van der Waals surface area contributed by atoms with Gasteiger partial charge in [0.15, 0.2) is 6.23 Å². The van der Waals surface area contributed by atoms with Gasteiger partial charge in [0.05, 0.1) is 12.6 Å². The molecule has 1 fully saturated rings. The first kappa shape index (κ1) is 23.3. The van der Waals surface area contributed by atoms with Crippen molar-refractivity contribution in [3.05, 3.63) is 0 Å². The van der Waals surface area contributed by atoms with Gasteiger partial charge in [-0.1, -0.05) is 58.3 Å². The topological polar surface area (TPSA) is 145 Å². The molecule has 0 saturated carbocycles. The number of unbranched alkanes of at least 4 members (excludes halogenated alkanes) is 7. The number of hydrogen-bond donors (Lipinski definition) is 6. The van der Waals surface area contributed by atoms with Gasteiger partial charge < -0.3 is 36.2 Å². The van der Waals surface area contributed by atoms with Gasteiger partial charge in [-0.2, -0.15) is 0 Å². The number of aliphatic hydroxyl groups is 4. The molecule has 0 aromatic rings. The SMILES string of the molecule is CCCCCCCCCC[C@H](N)C(=O)N[C@@H]1O[C@H](CO)[C@@H](O)[C@H](O)[C@H]1O. The summed E-state index contributed by atoms with van der Waals surface area (Å²) in [4.78, 5) is 12.1. The van der Waals surface area contributed by atoms with Crippen molar-refractivity contribution in [3.63, 3.8) is 0 Å². The van der Waals surface area contributed by atoms with E-state index in [1.54, 1.807) is 0 Å². The maximum atomic E-state index is 12.1. The highest BCUT2D eigenvalue weighted by Gasteiger charge is 2.44. The predicted molar refractivity (Wildman–Crippen MR) is 97.1 cm³/mol. The van der Waals surface area contributed by atoms with Crippen molar-refractivity contribution >= 4 is 5.91 Å². The molecule has 0 spiro atoms. The van der Waals surface area contributed by atoms with Crippen molar-refractivity contribution in [1.82, 2.24) is 5.32 Å². The average Bonchev–Trinajstić information content (AvgIpc) is 2.64. The summed E-state index contributed by atoms with van der Waals surface area (Å²) in [7, 11) is 0. The monoisotopic (exact) mass is 376 g/mol. The number of nitrogens with two attached hydrogens (primary N) is 1. The smallest absolute Gasteiger partial charge is 0.238 e. The Kier molecular flexibility index (Phi) is 11.3. The van der Waals surface area contributed by atoms with Crippen LogP contribution in [0.1, 0.15) is 64.7 Å². The van der Waals surface area contributed by atoms with Gasteiger partial charge in [-0.15, -0.1) is 0 Å². The minimum Gasteiger partial charge on any atom is -0.394 e. The standard InChI is InChI=1S/C18H36N2O6/c1-2-3-4-5-6-7-8-9-10-12(19)17(25)20-18-16(24)15(23)14(22)13(11-21)26-18/h12-16,18,21-24H,2-11,19H2,1H3,(H,20,25)/t12-,13+,14+,15-,16+,18+/m0/s1. The Bertz CT molecular complexity index is 396. The Morgan fingerprint density at radius 3 is 2.15 bits per heavy atom. The second-order valence-corrected chi connectivity index (χ2v) is 7.13. The molecule has 1 saturated heterocycles. The van der Waals surface area contributed by atoms with Crippen LogP contribution in [-0.2, 0) is 9.53 Å². The van der Waals surface area contributed by atoms with Crippen LogP contribution in [0.5, 0.6) is 0 Å². The van der Waals surface area contributed by atoms with E-state index < -0.39 is 49.2 Å². The molecule has 1 amide bonds. The fourth-order valence-corrected chi connectivity index (χ4v) is 3.10. The fourth-order valence-electron chi connectivity index (χ4n) is 3.10. The van der Waals surface area contributed by atoms with Crippen LogP contribution >= 0.6 is 0 Å². The summed E-state index contributed by atoms with van der Waals surface area (Å²) >= 11 is 0. The summed E-state index contributed by atoms with van der Waals surface area (Å²) in [6.07, 6.45) is 3.03. The summed E-state index contributed by atoms with van der Waals surface area (Å²) in [5, 5.41) is 40.9. The van der Waals surface area contributed by atoms with E-state index in [1.807, 2.05) is 0 Å². The molecule has 0 aromatic heterocycles. The van der Waals surface area contributed by atoms with Crippen LogP contribution < -0.4 is 11.1 Å². The number of amides is 1. The van der Waals surface area contributed by atoms with E-state index in [0.717, 1.165) is 19.3 Å². The summed E-state index contributed by atoms with van der Waals surface area (Å²) < 4.78 is 5.24. The van der Waals surface area contributed by atoms with Gasteiger partial charge in [-0.3, -0.25) is 4.79 Å². The Morgan fingerprint density at radius 2 is 1.58 bits per heavy atom. The lowest BCUT2D eigenvalue weighted by Gasteiger charge is -2.40. The molecule has 0 unspecified atom stereocenters. The molecule has 8 nitrogen and oxygen atoms in total. The van der Waals surface area contributed by atoms with Crippen LogP contribution in [0.15, 0.2) is 0 Å². The lowest BCUT2D eigenvalue weighted by atomic mass is 9.98. The second-order valence-electron chi connectivity index (χ2n) is 7.13. The second kappa shape index (κ2) is 12.6. The lowest BCUT2D eigenvalue weighted by molar-refractivity contribution is -0.236. The number of carbonyl (C=O) groups excluding carboxylic acids is 1. The highest BCUT2D eigenvalue weighted by atomic mass is 16.6. The van der Waals surface area contributed by atoms with Crippen molar-refractivity contribution in [2.24, 2.45) is 5.73 Å². The van der Waals surface area contributed by atoms with Gasteiger partial charge in [-0.25, -0.2) is 0 Å². The van der Waals surface area contributed by atoms with Crippen molar-refractivity contribution in [1.29, 1.82) is 0 Å². The van der Waals surface area contributed by atoms with E-state index in [4.69, 9.17) is 15.6 Å². The van der Waals surface area contributed by atoms with Crippen LogP contribution in [0.3, 0.4) is 0 Å². The molecule has 6 atom stereocenters.